The molecule has 152 valence electrons. The number of hydrogen-bond donors (Lipinski definition) is 0. The fourth-order valence-corrected chi connectivity index (χ4v) is 2.85. The van der Waals surface area contributed by atoms with Gasteiger partial charge in [0.1, 0.15) is 0 Å². The molecule has 0 saturated carbocycles. The number of alkyl halides is 1. The maximum atomic E-state index is 12.1. The first-order valence-corrected chi connectivity index (χ1v) is 10.6. The van der Waals surface area contributed by atoms with E-state index in [1.54, 1.807) is 24.3 Å². The molecule has 0 fully saturated rings. The fourth-order valence-electron chi connectivity index (χ4n) is 2.66. The van der Waals surface area contributed by atoms with E-state index in [1.165, 1.54) is 6.42 Å². The second-order valence-corrected chi connectivity index (χ2v) is 7.58. The van der Waals surface area contributed by atoms with Crippen molar-refractivity contribution in [2.75, 3.05) is 19.1 Å². The van der Waals surface area contributed by atoms with Crippen molar-refractivity contribution in [3.8, 4) is 0 Å². The van der Waals surface area contributed by atoms with Crippen LogP contribution in [0.2, 0.25) is 0 Å². The van der Waals surface area contributed by atoms with Gasteiger partial charge in [0.15, 0.2) is 0 Å². The summed E-state index contributed by atoms with van der Waals surface area (Å²) in [6.07, 6.45) is 8.27. The van der Waals surface area contributed by atoms with Crippen molar-refractivity contribution in [2.45, 2.75) is 65.2 Å². The third-order valence-electron chi connectivity index (χ3n) is 4.25. The van der Waals surface area contributed by atoms with Crippen molar-refractivity contribution >= 4 is 23.5 Å². The first-order chi connectivity index (χ1) is 13.0. The summed E-state index contributed by atoms with van der Waals surface area (Å²) in [5.41, 5.74) is 0.766. The molecule has 1 aromatic rings. The molecule has 0 unspecified atom stereocenters. The van der Waals surface area contributed by atoms with Crippen LogP contribution >= 0.6 is 11.6 Å². The van der Waals surface area contributed by atoms with Crippen molar-refractivity contribution in [3.05, 3.63) is 35.4 Å². The molecule has 0 radical (unpaired) electrons. The van der Waals surface area contributed by atoms with E-state index >= 15 is 0 Å². The summed E-state index contributed by atoms with van der Waals surface area (Å²) in [6, 6.07) is 6.53. The van der Waals surface area contributed by atoms with Gasteiger partial charge in [-0.05, 0) is 49.8 Å². The minimum atomic E-state index is -0.398. The highest BCUT2D eigenvalue weighted by Crippen LogP contribution is 2.11. The second kappa shape index (κ2) is 14.5. The summed E-state index contributed by atoms with van der Waals surface area (Å²) in [5.74, 6) is 0.520. The van der Waals surface area contributed by atoms with Crippen LogP contribution in [0.5, 0.6) is 0 Å². The molecule has 0 N–H and O–H groups in total. The van der Waals surface area contributed by atoms with Crippen molar-refractivity contribution in [2.24, 2.45) is 5.92 Å². The quantitative estimate of drug-likeness (QED) is 0.219. The molecule has 4 nitrogen and oxygen atoms in total. The molecule has 0 aliphatic heterocycles. The van der Waals surface area contributed by atoms with E-state index in [4.69, 9.17) is 21.1 Å². The van der Waals surface area contributed by atoms with E-state index in [0.717, 1.165) is 50.8 Å². The van der Waals surface area contributed by atoms with Gasteiger partial charge in [0.2, 0.25) is 0 Å². The second-order valence-electron chi connectivity index (χ2n) is 7.20. The molecule has 0 saturated heterocycles. The van der Waals surface area contributed by atoms with Crippen molar-refractivity contribution in [3.63, 3.8) is 0 Å². The monoisotopic (exact) mass is 396 g/mol. The summed E-state index contributed by atoms with van der Waals surface area (Å²) in [7, 11) is 0. The molecule has 0 heterocycles. The number of benzene rings is 1. The standard InChI is InChI=1S/C22H33ClO4/c1-18(2)11-10-16-27-22(25)20-13-9-12-19(17-20)21(24)26-15-8-6-4-3-5-7-14-23/h9,12-13,17-18H,3-8,10-11,14-16H2,1-2H3. The molecule has 1 rings (SSSR count). The summed E-state index contributed by atoms with van der Waals surface area (Å²) in [4.78, 5) is 24.2. The van der Waals surface area contributed by atoms with Crippen LogP contribution in [-0.2, 0) is 9.47 Å². The van der Waals surface area contributed by atoms with Crippen LogP contribution in [0, 0.1) is 5.92 Å². The van der Waals surface area contributed by atoms with E-state index in [9.17, 15) is 9.59 Å². The van der Waals surface area contributed by atoms with Crippen LogP contribution in [0.1, 0.15) is 85.9 Å². The predicted molar refractivity (Wildman–Crippen MR) is 110 cm³/mol. The van der Waals surface area contributed by atoms with Crippen LogP contribution in [0.15, 0.2) is 24.3 Å². The van der Waals surface area contributed by atoms with Gasteiger partial charge in [-0.3, -0.25) is 0 Å². The van der Waals surface area contributed by atoms with Gasteiger partial charge in [0, 0.05) is 5.88 Å². The Morgan fingerprint density at radius 3 is 1.93 bits per heavy atom. The molecule has 5 heteroatoms. The van der Waals surface area contributed by atoms with Crippen LogP contribution in [0.25, 0.3) is 0 Å². The first-order valence-electron chi connectivity index (χ1n) is 10.0. The molecular formula is C22H33ClO4. The Morgan fingerprint density at radius 1 is 0.852 bits per heavy atom. The molecule has 1 aromatic carbocycles. The zero-order chi connectivity index (χ0) is 19.9. The highest BCUT2D eigenvalue weighted by molar-refractivity contribution is 6.17. The molecule has 0 aliphatic carbocycles. The van der Waals surface area contributed by atoms with Crippen molar-refractivity contribution < 1.29 is 19.1 Å². The molecule has 0 spiro atoms. The molecule has 0 aromatic heterocycles. The number of halogens is 1. The van der Waals surface area contributed by atoms with Gasteiger partial charge in [-0.2, -0.15) is 0 Å². The number of esters is 2. The summed E-state index contributed by atoms with van der Waals surface area (Å²) < 4.78 is 10.6. The lowest BCUT2D eigenvalue weighted by atomic mass is 10.1. The molecule has 0 atom stereocenters. The van der Waals surface area contributed by atoms with Gasteiger partial charge in [-0.15, -0.1) is 11.6 Å². The Labute approximate surface area is 168 Å². The molecule has 0 bridgehead atoms. The normalized spacial score (nSPS) is 10.8. The van der Waals surface area contributed by atoms with Gasteiger partial charge >= 0.3 is 11.9 Å². The maximum Gasteiger partial charge on any atom is 0.338 e. The number of ether oxygens (including phenoxy) is 2. The zero-order valence-corrected chi connectivity index (χ0v) is 17.4. The largest absolute Gasteiger partial charge is 0.462 e. The fraction of sp³-hybridized carbons (Fsp3) is 0.636. The minimum Gasteiger partial charge on any atom is -0.462 e. The Kier molecular flexibility index (Phi) is 12.6. The number of carbonyl (C=O) groups is 2. The van der Waals surface area contributed by atoms with E-state index < -0.39 is 11.9 Å². The molecular weight excluding hydrogens is 364 g/mol. The zero-order valence-electron chi connectivity index (χ0n) is 16.7. The average Bonchev–Trinajstić information content (AvgIpc) is 2.67. The lowest BCUT2D eigenvalue weighted by Gasteiger charge is -2.08. The first kappa shape index (κ1) is 23.5. The maximum absolute atomic E-state index is 12.1. The number of hydrogen-bond acceptors (Lipinski definition) is 4. The van der Waals surface area contributed by atoms with Gasteiger partial charge in [-0.25, -0.2) is 9.59 Å². The van der Waals surface area contributed by atoms with Crippen molar-refractivity contribution in [1.29, 1.82) is 0 Å². The third-order valence-corrected chi connectivity index (χ3v) is 4.52. The highest BCUT2D eigenvalue weighted by atomic mass is 35.5. The Balaban J connectivity index is 2.31. The number of unbranched alkanes of at least 4 members (excludes halogenated alkanes) is 5. The van der Waals surface area contributed by atoms with E-state index in [2.05, 4.69) is 13.8 Å². The average molecular weight is 397 g/mol. The van der Waals surface area contributed by atoms with Gasteiger partial charge < -0.3 is 9.47 Å². The Hall–Kier alpha value is -1.55. The van der Waals surface area contributed by atoms with Gasteiger partial charge in [-0.1, -0.05) is 45.6 Å². The van der Waals surface area contributed by atoms with Gasteiger partial charge in [0.05, 0.1) is 24.3 Å². The lowest BCUT2D eigenvalue weighted by molar-refractivity contribution is 0.0494. The summed E-state index contributed by atoms with van der Waals surface area (Å²) >= 11 is 5.64. The molecule has 27 heavy (non-hydrogen) atoms. The predicted octanol–water partition coefficient (Wildman–Crippen LogP) is 6.02. The topological polar surface area (TPSA) is 52.6 Å². The van der Waals surface area contributed by atoms with Crippen LogP contribution in [0.3, 0.4) is 0 Å². The van der Waals surface area contributed by atoms with Crippen LogP contribution < -0.4 is 0 Å². The number of rotatable bonds is 14. The molecule has 0 amide bonds. The summed E-state index contributed by atoms with van der Waals surface area (Å²) in [5, 5.41) is 0. The summed E-state index contributed by atoms with van der Waals surface area (Å²) in [6.45, 7) is 5.08. The van der Waals surface area contributed by atoms with Crippen LogP contribution in [0.4, 0.5) is 0 Å². The smallest absolute Gasteiger partial charge is 0.338 e. The third kappa shape index (κ3) is 11.0. The Morgan fingerprint density at radius 2 is 1.37 bits per heavy atom. The minimum absolute atomic E-state index is 0.383. The van der Waals surface area contributed by atoms with E-state index in [0.29, 0.717) is 30.3 Å². The van der Waals surface area contributed by atoms with E-state index in [1.807, 2.05) is 0 Å². The van der Waals surface area contributed by atoms with Crippen LogP contribution in [-0.4, -0.2) is 31.0 Å². The SMILES string of the molecule is CC(C)CCCOC(=O)c1cccc(C(=O)OCCCCCCCCCl)c1. The van der Waals surface area contributed by atoms with Crippen molar-refractivity contribution in [1.82, 2.24) is 0 Å². The molecule has 0 aliphatic rings. The number of carbonyl (C=O) groups excluding carboxylic acids is 2. The lowest BCUT2D eigenvalue weighted by Crippen LogP contribution is -2.10. The Bertz CT molecular complexity index is 557. The van der Waals surface area contributed by atoms with Gasteiger partial charge in [0.25, 0.3) is 0 Å². The van der Waals surface area contributed by atoms with E-state index in [-0.39, 0.29) is 0 Å². The highest BCUT2D eigenvalue weighted by Gasteiger charge is 2.12.